The summed E-state index contributed by atoms with van der Waals surface area (Å²) in [5.41, 5.74) is 7.08. The second-order valence-electron chi connectivity index (χ2n) is 8.89. The summed E-state index contributed by atoms with van der Waals surface area (Å²) in [6.07, 6.45) is 0.780. The summed E-state index contributed by atoms with van der Waals surface area (Å²) in [6.45, 7) is 6.09. The second-order valence-corrected chi connectivity index (χ2v) is 9.81. The fourth-order valence-electron chi connectivity index (χ4n) is 4.60. The van der Waals surface area contributed by atoms with Crippen LogP contribution in [0, 0.1) is 26.6 Å². The molecule has 4 aromatic rings. The zero-order chi connectivity index (χ0) is 24.7. The Hall–Kier alpha value is -3.77. The second kappa shape index (κ2) is 9.12. The molecule has 1 aliphatic rings. The first-order valence-electron chi connectivity index (χ1n) is 11.5. The lowest BCUT2D eigenvalue weighted by molar-refractivity contribution is 0.0985. The SMILES string of the molecule is Cc1cc(C(=O)N2CCc3ccccc3-c3sccc32)c(C)cc1NC(=O)c1cc(F)ccc1C. The molecule has 3 aromatic carbocycles. The molecule has 176 valence electrons. The summed E-state index contributed by atoms with van der Waals surface area (Å²) in [5, 5.41) is 4.91. The van der Waals surface area contributed by atoms with Crippen molar-refractivity contribution in [2.75, 3.05) is 16.8 Å². The number of carbonyl (C=O) groups is 2. The maximum atomic E-state index is 13.8. The van der Waals surface area contributed by atoms with Crippen LogP contribution in [0.3, 0.4) is 0 Å². The Kier molecular flexibility index (Phi) is 5.99. The molecule has 2 heterocycles. The van der Waals surface area contributed by atoms with Gasteiger partial charge in [-0.15, -0.1) is 11.3 Å². The molecular formula is C29H25FN2O2S. The number of nitrogens with zero attached hydrogens (tertiary/aromatic N) is 1. The van der Waals surface area contributed by atoms with Crippen molar-refractivity contribution in [2.45, 2.75) is 27.2 Å². The number of thiophene rings is 1. The highest BCUT2D eigenvalue weighted by molar-refractivity contribution is 7.14. The first-order chi connectivity index (χ1) is 16.8. The highest BCUT2D eigenvalue weighted by atomic mass is 32.1. The van der Waals surface area contributed by atoms with Crippen LogP contribution in [-0.4, -0.2) is 18.4 Å². The minimum atomic E-state index is -0.456. The van der Waals surface area contributed by atoms with Crippen molar-refractivity contribution in [3.05, 3.63) is 105 Å². The zero-order valence-electron chi connectivity index (χ0n) is 19.8. The van der Waals surface area contributed by atoms with Gasteiger partial charge in [-0.2, -0.15) is 0 Å². The van der Waals surface area contributed by atoms with Crippen molar-refractivity contribution in [2.24, 2.45) is 0 Å². The molecule has 4 nitrogen and oxygen atoms in total. The predicted octanol–water partition coefficient (Wildman–Crippen LogP) is 6.93. The van der Waals surface area contributed by atoms with E-state index in [1.807, 2.05) is 54.5 Å². The van der Waals surface area contributed by atoms with Crippen LogP contribution in [0.2, 0.25) is 0 Å². The van der Waals surface area contributed by atoms with Gasteiger partial charge in [0.1, 0.15) is 5.82 Å². The number of nitrogens with one attached hydrogen (secondary N) is 1. The van der Waals surface area contributed by atoms with Gasteiger partial charge in [-0.05, 0) is 90.7 Å². The summed E-state index contributed by atoms with van der Waals surface area (Å²) < 4.78 is 13.7. The van der Waals surface area contributed by atoms with Crippen molar-refractivity contribution < 1.29 is 14.0 Å². The Morgan fingerprint density at radius 2 is 1.71 bits per heavy atom. The third-order valence-corrected chi connectivity index (χ3v) is 7.48. The third-order valence-electron chi connectivity index (χ3n) is 6.54. The monoisotopic (exact) mass is 484 g/mol. The zero-order valence-corrected chi connectivity index (χ0v) is 20.6. The quantitative estimate of drug-likeness (QED) is 0.343. The molecule has 0 fully saturated rings. The molecule has 0 spiro atoms. The fourth-order valence-corrected chi connectivity index (χ4v) is 5.55. The molecule has 1 aromatic heterocycles. The van der Waals surface area contributed by atoms with Crippen molar-refractivity contribution in [1.82, 2.24) is 0 Å². The van der Waals surface area contributed by atoms with Crippen LogP contribution in [-0.2, 0) is 6.42 Å². The van der Waals surface area contributed by atoms with E-state index in [2.05, 4.69) is 17.4 Å². The molecule has 0 unspecified atom stereocenters. The van der Waals surface area contributed by atoms with Gasteiger partial charge in [0.25, 0.3) is 11.8 Å². The van der Waals surface area contributed by atoms with E-state index >= 15 is 0 Å². The lowest BCUT2D eigenvalue weighted by atomic mass is 10.0. The number of rotatable bonds is 3. The molecule has 6 heteroatoms. The standard InChI is InChI=1S/C29H25FN2O2S/c1-17-8-9-21(30)16-23(17)28(33)31-25-15-18(2)24(14-19(25)3)29(34)32-12-10-20-6-4-5-7-22(20)27-26(32)11-13-35-27/h4-9,11,13-16H,10,12H2,1-3H3,(H,31,33). The van der Waals surface area contributed by atoms with Crippen molar-refractivity contribution in [3.8, 4) is 10.4 Å². The molecule has 35 heavy (non-hydrogen) atoms. The van der Waals surface area contributed by atoms with Crippen molar-refractivity contribution >= 4 is 34.5 Å². The number of carbonyl (C=O) groups excluding carboxylic acids is 2. The minimum absolute atomic E-state index is 0.0584. The van der Waals surface area contributed by atoms with Gasteiger partial charge in [0.15, 0.2) is 0 Å². The molecule has 2 amide bonds. The largest absolute Gasteiger partial charge is 0.322 e. The molecule has 0 atom stereocenters. The Labute approximate surface area is 208 Å². The summed E-state index contributed by atoms with van der Waals surface area (Å²) in [6, 6.07) is 18.1. The lowest BCUT2D eigenvalue weighted by Crippen LogP contribution is -2.32. The summed E-state index contributed by atoms with van der Waals surface area (Å²) in [4.78, 5) is 29.6. The van der Waals surface area contributed by atoms with E-state index in [1.165, 1.54) is 23.3 Å². The van der Waals surface area contributed by atoms with Gasteiger partial charge in [-0.3, -0.25) is 9.59 Å². The molecule has 0 radical (unpaired) electrons. The van der Waals surface area contributed by atoms with E-state index in [9.17, 15) is 14.0 Å². The van der Waals surface area contributed by atoms with Crippen LogP contribution >= 0.6 is 11.3 Å². The maximum Gasteiger partial charge on any atom is 0.258 e. The number of amides is 2. The van der Waals surface area contributed by atoms with Crippen LogP contribution in [0.15, 0.2) is 66.0 Å². The normalized spacial score (nSPS) is 12.5. The Morgan fingerprint density at radius 1 is 0.914 bits per heavy atom. The van der Waals surface area contributed by atoms with E-state index in [-0.39, 0.29) is 17.4 Å². The first-order valence-corrected chi connectivity index (χ1v) is 12.4. The van der Waals surface area contributed by atoms with Crippen LogP contribution in [0.25, 0.3) is 10.4 Å². The van der Waals surface area contributed by atoms with E-state index in [0.717, 1.165) is 28.1 Å². The topological polar surface area (TPSA) is 49.4 Å². The van der Waals surface area contributed by atoms with E-state index < -0.39 is 5.82 Å². The molecular weight excluding hydrogens is 459 g/mol. The van der Waals surface area contributed by atoms with E-state index in [1.54, 1.807) is 24.3 Å². The Bertz CT molecular complexity index is 1470. The fraction of sp³-hybridized carbons (Fsp3) is 0.172. The van der Waals surface area contributed by atoms with Crippen LogP contribution in [0.4, 0.5) is 15.8 Å². The van der Waals surface area contributed by atoms with Gasteiger partial charge in [-0.25, -0.2) is 4.39 Å². The number of aryl methyl sites for hydroxylation is 3. The van der Waals surface area contributed by atoms with Gasteiger partial charge in [0.2, 0.25) is 0 Å². The number of anilines is 2. The molecule has 0 saturated carbocycles. The first kappa shape index (κ1) is 23.0. The van der Waals surface area contributed by atoms with Crippen LogP contribution < -0.4 is 10.2 Å². The molecule has 0 bridgehead atoms. The number of hydrogen-bond donors (Lipinski definition) is 1. The molecule has 0 saturated heterocycles. The summed E-state index contributed by atoms with van der Waals surface area (Å²) >= 11 is 1.65. The molecule has 1 aliphatic heterocycles. The maximum absolute atomic E-state index is 13.8. The number of halogens is 1. The van der Waals surface area contributed by atoms with Gasteiger partial charge in [0, 0.05) is 23.4 Å². The predicted molar refractivity (Wildman–Crippen MR) is 140 cm³/mol. The van der Waals surface area contributed by atoms with Crippen molar-refractivity contribution in [1.29, 1.82) is 0 Å². The van der Waals surface area contributed by atoms with E-state index in [0.29, 0.717) is 23.4 Å². The van der Waals surface area contributed by atoms with Gasteiger partial charge in [-0.1, -0.05) is 30.3 Å². The highest BCUT2D eigenvalue weighted by Gasteiger charge is 2.27. The summed E-state index contributed by atoms with van der Waals surface area (Å²) in [7, 11) is 0. The number of fused-ring (bicyclic) bond motifs is 3. The van der Waals surface area contributed by atoms with Gasteiger partial charge >= 0.3 is 0 Å². The highest BCUT2D eigenvalue weighted by Crippen LogP contribution is 2.41. The van der Waals surface area contributed by atoms with E-state index in [4.69, 9.17) is 0 Å². The number of hydrogen-bond acceptors (Lipinski definition) is 3. The Balaban J connectivity index is 1.45. The molecule has 1 N–H and O–H groups in total. The van der Waals surface area contributed by atoms with Gasteiger partial charge in [0.05, 0.1) is 10.6 Å². The van der Waals surface area contributed by atoms with Crippen molar-refractivity contribution in [3.63, 3.8) is 0 Å². The summed E-state index contributed by atoms with van der Waals surface area (Å²) in [5.74, 6) is -0.893. The van der Waals surface area contributed by atoms with Crippen LogP contribution in [0.1, 0.15) is 43.0 Å². The van der Waals surface area contributed by atoms with Gasteiger partial charge < -0.3 is 10.2 Å². The minimum Gasteiger partial charge on any atom is -0.322 e. The number of benzene rings is 3. The molecule has 0 aliphatic carbocycles. The smallest absolute Gasteiger partial charge is 0.258 e. The lowest BCUT2D eigenvalue weighted by Gasteiger charge is -2.23. The molecule has 5 rings (SSSR count). The average Bonchev–Trinajstić information content (AvgIpc) is 3.26. The van der Waals surface area contributed by atoms with Crippen LogP contribution in [0.5, 0.6) is 0 Å². The Morgan fingerprint density at radius 3 is 2.54 bits per heavy atom. The average molecular weight is 485 g/mol. The third kappa shape index (κ3) is 4.26.